The first kappa shape index (κ1) is 22.9. The van der Waals surface area contributed by atoms with Gasteiger partial charge in [0.2, 0.25) is 0 Å². The van der Waals surface area contributed by atoms with Crippen molar-refractivity contribution < 1.29 is 9.59 Å². The Balaban J connectivity index is 1.22. The van der Waals surface area contributed by atoms with Gasteiger partial charge in [0.15, 0.2) is 5.13 Å². The number of anilines is 1. The first-order chi connectivity index (χ1) is 17.0. The Labute approximate surface area is 207 Å². The molecule has 0 radical (unpaired) electrons. The topological polar surface area (TPSA) is 110 Å². The molecule has 2 heterocycles. The van der Waals surface area contributed by atoms with Crippen molar-refractivity contribution in [2.75, 3.05) is 5.32 Å². The lowest BCUT2D eigenvalue weighted by molar-refractivity contribution is 0.0950. The van der Waals surface area contributed by atoms with Crippen LogP contribution in [-0.2, 0) is 19.4 Å². The predicted octanol–water partition coefficient (Wildman–Crippen LogP) is 4.20. The van der Waals surface area contributed by atoms with Crippen LogP contribution in [-0.4, -0.2) is 27.8 Å². The van der Waals surface area contributed by atoms with Crippen LogP contribution >= 0.6 is 11.3 Å². The minimum Gasteiger partial charge on any atom is -0.348 e. The molecule has 0 spiro atoms. The first-order valence-electron chi connectivity index (χ1n) is 11.5. The summed E-state index contributed by atoms with van der Waals surface area (Å²) in [4.78, 5) is 35.4. The normalized spacial score (nSPS) is 14.7. The van der Waals surface area contributed by atoms with E-state index in [4.69, 9.17) is 5.73 Å². The van der Waals surface area contributed by atoms with E-state index in [2.05, 4.69) is 20.6 Å². The van der Waals surface area contributed by atoms with Crippen molar-refractivity contribution in [1.29, 1.82) is 0 Å². The van der Waals surface area contributed by atoms with E-state index in [0.29, 0.717) is 22.8 Å². The number of hydrogen-bond donors (Lipinski definition) is 3. The van der Waals surface area contributed by atoms with E-state index in [1.165, 1.54) is 11.3 Å². The molecule has 0 aliphatic heterocycles. The molecule has 2 aromatic heterocycles. The van der Waals surface area contributed by atoms with E-state index >= 15 is 0 Å². The van der Waals surface area contributed by atoms with Gasteiger partial charge in [0, 0.05) is 46.5 Å². The number of aromatic nitrogens is 2. The molecule has 4 aromatic rings. The van der Waals surface area contributed by atoms with Crippen LogP contribution in [0.25, 0.3) is 11.1 Å². The number of nitrogens with one attached hydrogen (secondary N) is 2. The van der Waals surface area contributed by atoms with Crippen molar-refractivity contribution in [3.8, 4) is 11.1 Å². The van der Waals surface area contributed by atoms with Crippen molar-refractivity contribution in [2.24, 2.45) is 5.73 Å². The Morgan fingerprint density at radius 1 is 1.00 bits per heavy atom. The van der Waals surface area contributed by atoms with Gasteiger partial charge in [-0.25, -0.2) is 4.98 Å². The fraction of sp³-hybridized carbons (Fsp3) is 0.185. The highest BCUT2D eigenvalue weighted by molar-refractivity contribution is 7.15. The van der Waals surface area contributed by atoms with Crippen molar-refractivity contribution in [3.05, 3.63) is 100 Å². The van der Waals surface area contributed by atoms with Gasteiger partial charge in [0.25, 0.3) is 11.8 Å². The van der Waals surface area contributed by atoms with Gasteiger partial charge in [-0.05, 0) is 60.7 Å². The second kappa shape index (κ2) is 10.2. The molecule has 8 heteroatoms. The zero-order chi connectivity index (χ0) is 24.2. The molecule has 0 saturated heterocycles. The average Bonchev–Trinajstić information content (AvgIpc) is 3.29. The predicted molar refractivity (Wildman–Crippen MR) is 137 cm³/mol. The molecule has 5 rings (SSSR count). The van der Waals surface area contributed by atoms with Crippen LogP contribution in [0.2, 0.25) is 0 Å². The highest BCUT2D eigenvalue weighted by Crippen LogP contribution is 2.29. The van der Waals surface area contributed by atoms with E-state index in [9.17, 15) is 9.59 Å². The van der Waals surface area contributed by atoms with Crippen LogP contribution < -0.4 is 16.4 Å². The number of carbonyl (C=O) groups excluding carboxylic acids is 2. The summed E-state index contributed by atoms with van der Waals surface area (Å²) < 4.78 is 0. The van der Waals surface area contributed by atoms with Gasteiger partial charge in [-0.2, -0.15) is 0 Å². The first-order valence-corrected chi connectivity index (χ1v) is 12.3. The standard InChI is InChI=1S/C27H25N5O2S/c28-22-9-10-23-24(14-22)35-27(31-23)32-26(34)19-6-1-4-17(12-19)15-30-25(33)20-7-2-5-18(13-20)21-8-3-11-29-16-21/h1-8,11-13,16,22H,9-10,14-15,28H2,(H,30,33)(H,31,32,34). The number of thiazole rings is 1. The number of nitrogens with zero attached hydrogens (tertiary/aromatic N) is 2. The highest BCUT2D eigenvalue weighted by atomic mass is 32.1. The third kappa shape index (κ3) is 5.45. The van der Waals surface area contributed by atoms with Crippen LogP contribution in [0, 0.1) is 0 Å². The molecule has 4 N–H and O–H groups in total. The molecule has 2 amide bonds. The highest BCUT2D eigenvalue weighted by Gasteiger charge is 2.21. The third-order valence-electron chi connectivity index (χ3n) is 5.96. The number of benzene rings is 2. The second-order valence-corrected chi connectivity index (χ2v) is 9.64. The number of amides is 2. The largest absolute Gasteiger partial charge is 0.348 e. The molecule has 0 saturated carbocycles. The van der Waals surface area contributed by atoms with E-state index in [1.54, 1.807) is 30.6 Å². The van der Waals surface area contributed by atoms with Gasteiger partial charge in [0.1, 0.15) is 0 Å². The maximum Gasteiger partial charge on any atom is 0.257 e. The van der Waals surface area contributed by atoms with Gasteiger partial charge < -0.3 is 11.1 Å². The van der Waals surface area contributed by atoms with Gasteiger partial charge in [-0.1, -0.05) is 30.3 Å². The minimum absolute atomic E-state index is 0.163. The Hall–Kier alpha value is -3.88. The van der Waals surface area contributed by atoms with Crippen LogP contribution in [0.15, 0.2) is 73.1 Å². The number of hydrogen-bond acceptors (Lipinski definition) is 6. The van der Waals surface area contributed by atoms with Crippen LogP contribution in [0.4, 0.5) is 5.13 Å². The van der Waals surface area contributed by atoms with Gasteiger partial charge >= 0.3 is 0 Å². The van der Waals surface area contributed by atoms with Crippen LogP contribution in [0.5, 0.6) is 0 Å². The number of nitrogens with two attached hydrogens (primary N) is 1. The number of carbonyl (C=O) groups is 2. The molecule has 0 bridgehead atoms. The Morgan fingerprint density at radius 2 is 1.80 bits per heavy atom. The van der Waals surface area contributed by atoms with Gasteiger partial charge in [0.05, 0.1) is 5.69 Å². The molecular formula is C27H25N5O2S. The summed E-state index contributed by atoms with van der Waals surface area (Å²) in [6, 6.07) is 18.6. The molecule has 2 aromatic carbocycles. The molecule has 1 aliphatic rings. The quantitative estimate of drug-likeness (QED) is 0.381. The summed E-state index contributed by atoms with van der Waals surface area (Å²) in [5.41, 5.74) is 10.9. The molecule has 1 unspecified atom stereocenters. The lowest BCUT2D eigenvalue weighted by atomic mass is 9.99. The Morgan fingerprint density at radius 3 is 2.63 bits per heavy atom. The molecule has 0 fully saturated rings. The molecular weight excluding hydrogens is 458 g/mol. The average molecular weight is 484 g/mol. The third-order valence-corrected chi connectivity index (χ3v) is 7.00. The molecule has 1 atom stereocenters. The number of rotatable bonds is 6. The van der Waals surface area contributed by atoms with Gasteiger partial charge in [-0.15, -0.1) is 11.3 Å². The van der Waals surface area contributed by atoms with E-state index in [0.717, 1.165) is 46.5 Å². The number of aryl methyl sites for hydroxylation is 1. The van der Waals surface area contributed by atoms with Gasteiger partial charge in [-0.3, -0.25) is 19.9 Å². The summed E-state index contributed by atoms with van der Waals surface area (Å²) in [5, 5.41) is 6.44. The van der Waals surface area contributed by atoms with Crippen LogP contribution in [0.3, 0.4) is 0 Å². The number of pyridine rings is 1. The summed E-state index contributed by atoms with van der Waals surface area (Å²) in [7, 11) is 0. The Bertz CT molecular complexity index is 1370. The zero-order valence-electron chi connectivity index (χ0n) is 19.0. The molecule has 1 aliphatic carbocycles. The second-order valence-electron chi connectivity index (χ2n) is 8.55. The summed E-state index contributed by atoms with van der Waals surface area (Å²) in [6.45, 7) is 0.306. The van der Waals surface area contributed by atoms with E-state index in [1.807, 2.05) is 42.5 Å². The smallest absolute Gasteiger partial charge is 0.257 e. The SMILES string of the molecule is NC1CCc2nc(NC(=O)c3cccc(CNC(=O)c4cccc(-c5cccnc5)c4)c3)sc2C1. The zero-order valence-corrected chi connectivity index (χ0v) is 19.8. The van der Waals surface area contributed by atoms with E-state index in [-0.39, 0.29) is 17.9 Å². The molecule has 176 valence electrons. The summed E-state index contributed by atoms with van der Waals surface area (Å²) in [5.74, 6) is -0.407. The fourth-order valence-corrected chi connectivity index (χ4v) is 5.20. The Kier molecular flexibility index (Phi) is 6.65. The fourth-order valence-electron chi connectivity index (χ4n) is 4.10. The molecule has 35 heavy (non-hydrogen) atoms. The number of fused-ring (bicyclic) bond motifs is 1. The van der Waals surface area contributed by atoms with E-state index < -0.39 is 0 Å². The maximum atomic E-state index is 12.8. The van der Waals surface area contributed by atoms with Crippen molar-refractivity contribution in [1.82, 2.24) is 15.3 Å². The maximum absolute atomic E-state index is 12.8. The van der Waals surface area contributed by atoms with Crippen molar-refractivity contribution in [2.45, 2.75) is 31.8 Å². The van der Waals surface area contributed by atoms with Crippen molar-refractivity contribution >= 4 is 28.3 Å². The molecule has 7 nitrogen and oxygen atoms in total. The lowest BCUT2D eigenvalue weighted by Crippen LogP contribution is -2.27. The summed E-state index contributed by atoms with van der Waals surface area (Å²) in [6.07, 6.45) is 6.07. The van der Waals surface area contributed by atoms with Crippen molar-refractivity contribution in [3.63, 3.8) is 0 Å². The van der Waals surface area contributed by atoms with Crippen LogP contribution in [0.1, 0.15) is 43.3 Å². The monoisotopic (exact) mass is 483 g/mol. The summed E-state index contributed by atoms with van der Waals surface area (Å²) >= 11 is 1.49. The lowest BCUT2D eigenvalue weighted by Gasteiger charge is -2.15. The minimum atomic E-state index is -0.224.